The molecule has 32 rings (SSSR count). The molecule has 6 aliphatic rings. The van der Waals surface area contributed by atoms with E-state index in [9.17, 15) is 19.2 Å². The monoisotopic (exact) mass is 1670 g/mol. The van der Waals surface area contributed by atoms with E-state index in [2.05, 4.69) is 291 Å². The largest absolute Gasteiger partial charge is 0.277 e. The molecule has 26 aromatic carbocycles. The second-order valence-electron chi connectivity index (χ2n) is 36.9. The molecule has 26 aromatic rings. The molecular weight excluding hydrogens is 1610 g/mol. The Morgan fingerprint density at radius 1 is 0.136 bits per heavy atom. The molecule has 6 heteroatoms. The maximum atomic E-state index is 14.5. The number of fused-ring (bicyclic) bond motifs is 18. The third-order valence-electron chi connectivity index (χ3n) is 31.1. The Labute approximate surface area is 751 Å². The minimum atomic E-state index is -0.266. The average molecular weight is 1670 g/mol. The van der Waals surface area contributed by atoms with E-state index in [0.29, 0.717) is 22.3 Å². The molecule has 0 atom stereocenters. The van der Waals surface area contributed by atoms with Crippen LogP contribution in [0, 0.1) is 41.7 Å². The third kappa shape index (κ3) is 8.50. The maximum absolute atomic E-state index is 14.5. The van der Waals surface area contributed by atoms with Gasteiger partial charge in [-0.15, -0.1) is 0 Å². The molecule has 6 nitrogen and oxygen atoms in total. The van der Waals surface area contributed by atoms with Gasteiger partial charge < -0.3 is 0 Å². The molecule has 0 unspecified atom stereocenters. The quantitative estimate of drug-likeness (QED) is 0.0944. The van der Waals surface area contributed by atoms with Crippen LogP contribution in [-0.4, -0.2) is 47.5 Å². The van der Waals surface area contributed by atoms with Crippen LogP contribution in [0.4, 0.5) is 0 Å². The summed E-state index contributed by atoms with van der Waals surface area (Å²) in [4.78, 5) is 60.1. The van der Waals surface area contributed by atoms with Crippen molar-refractivity contribution in [1.82, 2.24) is 9.80 Å². The first kappa shape index (κ1) is 70.8. The zero-order valence-corrected chi connectivity index (χ0v) is 71.2. The predicted octanol–water partition coefficient (Wildman–Crippen LogP) is 30.8. The number of carbonyl (C=O) groups is 4. The SMILES string of the molecule is CN1C(=O)c2c(c(-c3ccccc3)c3c(c2-c2ccccc2)-c2ccc4c5ccc6c7ccc8c9c(ccc(c%10ccc(c%11ccc-3c2c4%11)c5c6%10)c97)-c2ccccc2-8)C1=O.CN1C(=O)c2c(c(-c3ccccc3)c3c(c2-c2ccccc2)=c2ccc4c5ccc6c7ccc8c9c(ccc(c%10ccc(c%11ccc=3c2c4%11)c5c6%10)c97)=c2c(-c3ccccc3)ccc(-c3ccccc3)c2=8)C1=O. The molecule has 4 aliphatic carbocycles. The van der Waals surface area contributed by atoms with E-state index in [0.717, 1.165) is 87.6 Å². The van der Waals surface area contributed by atoms with Gasteiger partial charge in [0.2, 0.25) is 0 Å². The zero-order valence-electron chi connectivity index (χ0n) is 71.2. The number of carbonyl (C=O) groups excluding carboxylic acids is 4. The first-order valence-electron chi connectivity index (χ1n) is 45.5. The fraction of sp³-hybridized carbons (Fsp3) is 0.0159. The van der Waals surface area contributed by atoms with Gasteiger partial charge in [0.25, 0.3) is 23.6 Å². The smallest absolute Gasteiger partial charge is 0.261 e. The van der Waals surface area contributed by atoms with Crippen molar-refractivity contribution >= 4 is 174 Å². The molecule has 0 saturated heterocycles. The summed E-state index contributed by atoms with van der Waals surface area (Å²) in [5, 5.41) is 44.8. The first-order chi connectivity index (χ1) is 65.1. The number of imide groups is 2. The summed E-state index contributed by atoms with van der Waals surface area (Å²) in [6.45, 7) is 0. The van der Waals surface area contributed by atoms with Gasteiger partial charge in [0.05, 0.1) is 22.3 Å². The summed E-state index contributed by atoms with van der Waals surface area (Å²) in [5.41, 5.74) is 23.4. The molecule has 0 spiro atoms. The lowest BCUT2D eigenvalue weighted by molar-refractivity contribution is 0.0678. The summed E-state index contributed by atoms with van der Waals surface area (Å²) in [6.07, 6.45) is 0. The highest BCUT2D eigenvalue weighted by Gasteiger charge is 2.45. The molecule has 0 bridgehead atoms. The minimum absolute atomic E-state index is 0.260. The molecule has 0 fully saturated rings. The lowest BCUT2D eigenvalue weighted by atomic mass is 9.81. The van der Waals surface area contributed by atoms with Crippen LogP contribution in [0.15, 0.2) is 364 Å². The van der Waals surface area contributed by atoms with Crippen LogP contribution < -0.4 is 0 Å². The van der Waals surface area contributed by atoms with Gasteiger partial charge in [0.1, 0.15) is 0 Å². The van der Waals surface area contributed by atoms with Gasteiger partial charge in [-0.05, 0) is 282 Å². The molecule has 0 saturated carbocycles. The van der Waals surface area contributed by atoms with Crippen LogP contribution in [0.25, 0.3) is 262 Å². The molecule has 0 radical (unpaired) electrons. The molecule has 604 valence electrons. The van der Waals surface area contributed by atoms with Gasteiger partial charge in [-0.1, -0.05) is 364 Å². The second-order valence-corrected chi connectivity index (χ2v) is 36.9. The summed E-state index contributed by atoms with van der Waals surface area (Å²) in [6, 6.07) is 132. The van der Waals surface area contributed by atoms with Gasteiger partial charge in [0, 0.05) is 36.3 Å². The molecule has 4 amide bonds. The molecule has 2 aliphatic heterocycles. The van der Waals surface area contributed by atoms with E-state index in [4.69, 9.17) is 0 Å². The third-order valence-corrected chi connectivity index (χ3v) is 31.1. The highest BCUT2D eigenvalue weighted by Crippen LogP contribution is 2.63. The summed E-state index contributed by atoms with van der Waals surface area (Å²) in [5.74, 6) is -1.05. The van der Waals surface area contributed by atoms with Gasteiger partial charge in [-0.25, -0.2) is 0 Å². The van der Waals surface area contributed by atoms with Gasteiger partial charge >= 0.3 is 0 Å². The van der Waals surface area contributed by atoms with Crippen molar-refractivity contribution < 1.29 is 19.2 Å². The Morgan fingerprint density at radius 2 is 0.333 bits per heavy atom. The summed E-state index contributed by atoms with van der Waals surface area (Å²) >= 11 is 0. The Kier molecular flexibility index (Phi) is 13.4. The second kappa shape index (κ2) is 24.9. The van der Waals surface area contributed by atoms with E-state index in [-0.39, 0.29) is 23.6 Å². The standard InChI is InChI=1S/C69H37NO2.C57H29NO2/c1-70-68(71)66-54(38-18-10-4-11-19-38)64-52-34-30-48-44-26-24-42-46-28-32-50-56-40(36-14-6-2-7-15-36)22-23-41(37-16-8-3-9-17-37)57(56)51-33-29-47(60(46)62(50)51)43-25-27-45(59(44)58(42)43)49-31-35-53(63(52)61(48)49)65(64)55(67(66)69(70)72)39-20-12-5-13-21-39;1-58-56(59)54-44(28-10-4-2-5-11-28)52-42-26-24-40-38-22-20-36-34-18-16-32-30-14-8-9-15-31(30)33-17-19-35(47(34)46(32)33)37-21-23-39(49(38)48(36)37)41-25-27-43(51(42)50(40)41)53(52)45(55(54)57(58)60)29-12-6-3-7-13-29/h2-35H,1H3;2-27H,1H3. The molecule has 0 N–H and O–H groups in total. The lowest BCUT2D eigenvalue weighted by Gasteiger charge is -2.20. The summed E-state index contributed by atoms with van der Waals surface area (Å²) in [7, 11) is 3.22. The number of amides is 4. The van der Waals surface area contributed by atoms with Crippen molar-refractivity contribution in [2.45, 2.75) is 0 Å². The number of hydrogen-bond acceptors (Lipinski definition) is 4. The fourth-order valence-electron chi connectivity index (χ4n) is 26.0. The molecule has 132 heavy (non-hydrogen) atoms. The van der Waals surface area contributed by atoms with E-state index < -0.39 is 0 Å². The van der Waals surface area contributed by atoms with Crippen molar-refractivity contribution in [2.75, 3.05) is 14.1 Å². The summed E-state index contributed by atoms with van der Waals surface area (Å²) < 4.78 is 0. The molecule has 0 aromatic heterocycles. The van der Waals surface area contributed by atoms with E-state index in [1.165, 1.54) is 226 Å². The van der Waals surface area contributed by atoms with Gasteiger partial charge in [-0.2, -0.15) is 0 Å². The lowest BCUT2D eigenvalue weighted by Crippen LogP contribution is -2.24. The minimum Gasteiger partial charge on any atom is -0.277 e. The van der Waals surface area contributed by atoms with Gasteiger partial charge in [-0.3, -0.25) is 29.0 Å². The van der Waals surface area contributed by atoms with Crippen LogP contribution in [0.1, 0.15) is 41.4 Å². The van der Waals surface area contributed by atoms with Crippen molar-refractivity contribution in [3.63, 3.8) is 0 Å². The van der Waals surface area contributed by atoms with Crippen LogP contribution in [0.2, 0.25) is 0 Å². The van der Waals surface area contributed by atoms with Crippen LogP contribution in [0.3, 0.4) is 0 Å². The normalized spacial score (nSPS) is 13.6. The van der Waals surface area contributed by atoms with Crippen LogP contribution in [0.5, 0.6) is 0 Å². The van der Waals surface area contributed by atoms with Crippen molar-refractivity contribution in [3.8, 4) is 111 Å². The Morgan fingerprint density at radius 3 is 0.621 bits per heavy atom. The maximum Gasteiger partial charge on any atom is 0.261 e. The number of hydrogen-bond donors (Lipinski definition) is 0. The van der Waals surface area contributed by atoms with Crippen molar-refractivity contribution in [2.24, 2.45) is 0 Å². The number of rotatable bonds is 6. The van der Waals surface area contributed by atoms with Crippen molar-refractivity contribution in [1.29, 1.82) is 0 Å². The number of benzene rings is 26. The Bertz CT molecular complexity index is 9940. The number of nitrogens with zero attached hydrogens (tertiary/aromatic N) is 2. The average Bonchev–Trinajstić information content (AvgIpc) is 1.53. The van der Waals surface area contributed by atoms with Crippen LogP contribution in [-0.2, 0) is 0 Å². The van der Waals surface area contributed by atoms with E-state index in [1.807, 2.05) is 72.8 Å². The first-order valence-corrected chi connectivity index (χ1v) is 45.5. The Balaban J connectivity index is 0.000000126. The van der Waals surface area contributed by atoms with Crippen LogP contribution >= 0.6 is 0 Å². The topological polar surface area (TPSA) is 74.8 Å². The molecular formula is C126H66N2O4. The predicted molar refractivity (Wildman–Crippen MR) is 541 cm³/mol. The Hall–Kier alpha value is -17.3. The van der Waals surface area contributed by atoms with E-state index in [1.54, 1.807) is 14.1 Å². The molecule has 2 heterocycles. The fourth-order valence-corrected chi connectivity index (χ4v) is 26.0. The zero-order chi connectivity index (χ0) is 86.5. The highest BCUT2D eigenvalue weighted by atomic mass is 16.2. The van der Waals surface area contributed by atoms with E-state index >= 15 is 0 Å². The highest BCUT2D eigenvalue weighted by molar-refractivity contribution is 6.47. The van der Waals surface area contributed by atoms with Crippen molar-refractivity contribution in [3.05, 3.63) is 428 Å². The van der Waals surface area contributed by atoms with Gasteiger partial charge in [0.15, 0.2) is 0 Å².